The largest absolute Gasteiger partial charge is 0.344 e. The van der Waals surface area contributed by atoms with Crippen molar-refractivity contribution in [3.63, 3.8) is 0 Å². The number of benzene rings is 2. The minimum atomic E-state index is -0.255. The number of aromatic nitrogens is 5. The summed E-state index contributed by atoms with van der Waals surface area (Å²) in [5.74, 6) is 1.00. The van der Waals surface area contributed by atoms with E-state index in [1.807, 2.05) is 18.3 Å². The minimum Gasteiger partial charge on any atom is -0.344 e. The highest BCUT2D eigenvalue weighted by molar-refractivity contribution is 7.20. The average Bonchev–Trinajstić information content (AvgIpc) is 3.56. The molecular weight excluding hydrogens is 453 g/mol. The van der Waals surface area contributed by atoms with Crippen molar-refractivity contribution < 1.29 is 8.91 Å². The fraction of sp³-hybridized carbons (Fsp3) is 0.250. The highest BCUT2D eigenvalue weighted by atomic mass is 32.1. The Morgan fingerprint density at radius 3 is 2.59 bits per heavy atom. The Balaban J connectivity index is 1.08. The van der Waals surface area contributed by atoms with Crippen molar-refractivity contribution in [3.8, 4) is 22.6 Å². The fourth-order valence-electron chi connectivity index (χ4n) is 4.09. The molecule has 0 atom stereocenters. The van der Waals surface area contributed by atoms with Gasteiger partial charge in [0.05, 0.1) is 18.4 Å². The fourth-order valence-corrected chi connectivity index (χ4v) is 5.02. The number of imidazole rings is 1. The van der Waals surface area contributed by atoms with E-state index in [1.165, 1.54) is 17.7 Å². The number of piperazine rings is 1. The number of rotatable bonds is 5. The molecule has 5 aromatic rings. The van der Waals surface area contributed by atoms with Crippen LogP contribution in [-0.4, -0.2) is 55.8 Å². The lowest BCUT2D eigenvalue weighted by molar-refractivity contribution is 0.215. The van der Waals surface area contributed by atoms with Gasteiger partial charge in [0.15, 0.2) is 0 Å². The van der Waals surface area contributed by atoms with Gasteiger partial charge in [-0.2, -0.15) is 4.98 Å². The quantitative estimate of drug-likeness (QED) is 0.376. The predicted octanol–water partition coefficient (Wildman–Crippen LogP) is 4.28. The van der Waals surface area contributed by atoms with E-state index in [2.05, 4.69) is 44.0 Å². The van der Waals surface area contributed by atoms with Crippen LogP contribution in [0.5, 0.6) is 0 Å². The third-order valence-electron chi connectivity index (χ3n) is 5.92. The molecule has 0 spiro atoms. The molecule has 172 valence electrons. The van der Waals surface area contributed by atoms with E-state index in [0.717, 1.165) is 53.1 Å². The lowest BCUT2D eigenvalue weighted by Crippen LogP contribution is -2.46. The van der Waals surface area contributed by atoms with Crippen molar-refractivity contribution in [3.05, 3.63) is 72.0 Å². The van der Waals surface area contributed by atoms with Crippen LogP contribution in [0.15, 0.2) is 59.3 Å². The summed E-state index contributed by atoms with van der Waals surface area (Å²) in [6, 6.07) is 14.4. The Kier molecular flexibility index (Phi) is 5.31. The van der Waals surface area contributed by atoms with Crippen LogP contribution >= 0.6 is 11.3 Å². The molecule has 0 amide bonds. The molecule has 2 aromatic carbocycles. The second-order valence-electron chi connectivity index (χ2n) is 8.39. The Labute approximate surface area is 199 Å². The van der Waals surface area contributed by atoms with E-state index in [4.69, 9.17) is 9.62 Å². The lowest BCUT2D eigenvalue weighted by atomic mass is 10.1. The molecule has 0 aliphatic carbocycles. The molecule has 8 nitrogen and oxygen atoms in total. The van der Waals surface area contributed by atoms with Gasteiger partial charge in [-0.1, -0.05) is 40.3 Å². The van der Waals surface area contributed by atoms with Gasteiger partial charge >= 0.3 is 0 Å². The summed E-state index contributed by atoms with van der Waals surface area (Å²) < 4.78 is 20.5. The average molecular weight is 476 g/mol. The molecule has 1 saturated heterocycles. The van der Waals surface area contributed by atoms with Crippen LogP contribution in [0.3, 0.4) is 0 Å². The standard InChI is InChI=1S/C24H22FN7OS/c1-16-3-2-4-18(13-16)22-27-21(33-29-22)15-30-9-11-31(12-10-30)24-28-32-14-20(26-23(32)34-24)17-5-7-19(25)8-6-17/h2-8,13-14H,9-12,15H2,1H3. The van der Waals surface area contributed by atoms with Gasteiger partial charge in [-0.15, -0.1) is 5.10 Å². The van der Waals surface area contributed by atoms with Gasteiger partial charge in [0.1, 0.15) is 5.82 Å². The number of aryl methyl sites for hydroxylation is 1. The second kappa shape index (κ2) is 8.62. The number of fused-ring (bicyclic) bond motifs is 1. The number of hydrogen-bond acceptors (Lipinski definition) is 8. The van der Waals surface area contributed by atoms with Gasteiger partial charge in [-0.3, -0.25) is 4.90 Å². The van der Waals surface area contributed by atoms with Crippen LogP contribution in [-0.2, 0) is 6.54 Å². The van der Waals surface area contributed by atoms with Crippen molar-refractivity contribution in [1.29, 1.82) is 0 Å². The molecule has 0 unspecified atom stereocenters. The van der Waals surface area contributed by atoms with Gasteiger partial charge in [0, 0.05) is 37.3 Å². The van der Waals surface area contributed by atoms with Gasteiger partial charge in [-0.05, 0) is 37.3 Å². The molecule has 1 aliphatic rings. The van der Waals surface area contributed by atoms with Crippen molar-refractivity contribution in [2.24, 2.45) is 0 Å². The summed E-state index contributed by atoms with van der Waals surface area (Å²) >= 11 is 1.56. The van der Waals surface area contributed by atoms with E-state index in [9.17, 15) is 4.39 Å². The van der Waals surface area contributed by atoms with E-state index < -0.39 is 0 Å². The predicted molar refractivity (Wildman–Crippen MR) is 128 cm³/mol. The Morgan fingerprint density at radius 2 is 1.82 bits per heavy atom. The summed E-state index contributed by atoms with van der Waals surface area (Å²) in [5, 5.41) is 9.82. The number of nitrogens with zero attached hydrogens (tertiary/aromatic N) is 7. The molecular formula is C24H22FN7OS. The van der Waals surface area contributed by atoms with Crippen LogP contribution in [0.1, 0.15) is 11.5 Å². The molecule has 34 heavy (non-hydrogen) atoms. The summed E-state index contributed by atoms with van der Waals surface area (Å²) in [5.41, 5.74) is 3.80. The van der Waals surface area contributed by atoms with E-state index >= 15 is 0 Å². The molecule has 0 bridgehead atoms. The van der Waals surface area contributed by atoms with Gasteiger partial charge in [-0.25, -0.2) is 13.9 Å². The summed E-state index contributed by atoms with van der Waals surface area (Å²) in [4.78, 5) is 14.7. The van der Waals surface area contributed by atoms with Crippen LogP contribution in [0.2, 0.25) is 0 Å². The molecule has 1 aliphatic heterocycles. The molecule has 4 heterocycles. The smallest absolute Gasteiger partial charge is 0.241 e. The molecule has 0 radical (unpaired) electrons. The van der Waals surface area contributed by atoms with Crippen molar-refractivity contribution in [1.82, 2.24) is 29.6 Å². The second-order valence-corrected chi connectivity index (χ2v) is 9.32. The summed E-state index contributed by atoms with van der Waals surface area (Å²) in [6.07, 6.45) is 1.89. The molecule has 6 rings (SSSR count). The van der Waals surface area contributed by atoms with Crippen LogP contribution in [0.4, 0.5) is 9.52 Å². The maximum absolute atomic E-state index is 13.2. The first-order valence-electron chi connectivity index (χ1n) is 11.1. The maximum Gasteiger partial charge on any atom is 0.241 e. The highest BCUT2D eigenvalue weighted by Gasteiger charge is 2.22. The van der Waals surface area contributed by atoms with Crippen molar-refractivity contribution in [2.75, 3.05) is 31.1 Å². The third kappa shape index (κ3) is 4.17. The lowest BCUT2D eigenvalue weighted by Gasteiger charge is -2.33. The highest BCUT2D eigenvalue weighted by Crippen LogP contribution is 2.28. The third-order valence-corrected chi connectivity index (χ3v) is 6.90. The molecule has 0 saturated carbocycles. The Hall–Kier alpha value is -3.63. The minimum absolute atomic E-state index is 0.255. The normalized spacial score (nSPS) is 14.8. The molecule has 3 aromatic heterocycles. The maximum atomic E-state index is 13.2. The Morgan fingerprint density at radius 1 is 1.00 bits per heavy atom. The number of halogens is 1. The molecule has 10 heteroatoms. The van der Waals surface area contributed by atoms with Crippen molar-refractivity contribution >= 4 is 21.4 Å². The van der Waals surface area contributed by atoms with Crippen LogP contribution in [0, 0.1) is 12.7 Å². The van der Waals surface area contributed by atoms with Gasteiger partial charge < -0.3 is 9.42 Å². The summed E-state index contributed by atoms with van der Waals surface area (Å²) in [7, 11) is 0. The van der Waals surface area contributed by atoms with E-state index in [-0.39, 0.29) is 5.82 Å². The first-order chi connectivity index (χ1) is 16.6. The van der Waals surface area contributed by atoms with Crippen molar-refractivity contribution in [2.45, 2.75) is 13.5 Å². The van der Waals surface area contributed by atoms with E-state index in [1.54, 1.807) is 28.0 Å². The first-order valence-corrected chi connectivity index (χ1v) is 11.9. The van der Waals surface area contributed by atoms with Gasteiger partial charge in [0.2, 0.25) is 21.8 Å². The molecule has 0 N–H and O–H groups in total. The topological polar surface area (TPSA) is 75.6 Å². The van der Waals surface area contributed by atoms with E-state index in [0.29, 0.717) is 18.3 Å². The van der Waals surface area contributed by atoms with Gasteiger partial charge in [0.25, 0.3) is 0 Å². The molecule has 1 fully saturated rings. The zero-order valence-corrected chi connectivity index (χ0v) is 19.4. The Bertz CT molecular complexity index is 1400. The van der Waals surface area contributed by atoms with Crippen LogP contribution < -0.4 is 4.90 Å². The summed E-state index contributed by atoms with van der Waals surface area (Å²) in [6.45, 7) is 6.17. The zero-order chi connectivity index (χ0) is 23.1. The SMILES string of the molecule is Cc1cccc(-c2noc(CN3CCN(c4nn5cc(-c6ccc(F)cc6)nc5s4)CC3)n2)c1. The van der Waals surface area contributed by atoms with Crippen LogP contribution in [0.25, 0.3) is 27.6 Å². The number of anilines is 1. The zero-order valence-electron chi connectivity index (χ0n) is 18.6. The first kappa shape index (κ1) is 20.9. The monoisotopic (exact) mass is 475 g/mol. The number of hydrogen-bond donors (Lipinski definition) is 0.